The van der Waals surface area contributed by atoms with E-state index in [1.165, 1.54) is 4.90 Å². The van der Waals surface area contributed by atoms with Crippen LogP contribution in [0.3, 0.4) is 0 Å². The fourth-order valence-electron chi connectivity index (χ4n) is 1.32. The summed E-state index contributed by atoms with van der Waals surface area (Å²) in [4.78, 5) is 15.2. The van der Waals surface area contributed by atoms with Gasteiger partial charge in [0.2, 0.25) is 0 Å². The highest BCUT2D eigenvalue weighted by atomic mass is 16.3. The van der Waals surface area contributed by atoms with E-state index in [2.05, 4.69) is 10.2 Å². The summed E-state index contributed by atoms with van der Waals surface area (Å²) in [7, 11) is 5.70. The Kier molecular flexibility index (Phi) is 7.08. The van der Waals surface area contributed by atoms with Crippen LogP contribution in [0.4, 0.5) is 4.79 Å². The van der Waals surface area contributed by atoms with Crippen LogP contribution >= 0.6 is 0 Å². The minimum absolute atomic E-state index is 0.132. The lowest BCUT2D eigenvalue weighted by Gasteiger charge is -2.23. The van der Waals surface area contributed by atoms with E-state index in [4.69, 9.17) is 5.11 Å². The van der Waals surface area contributed by atoms with Crippen LogP contribution in [0.25, 0.3) is 0 Å². The van der Waals surface area contributed by atoms with E-state index in [0.29, 0.717) is 6.54 Å². The molecular weight excluding hydrogens is 206 g/mol. The van der Waals surface area contributed by atoms with Crippen LogP contribution in [0.5, 0.6) is 0 Å². The first-order valence-electron chi connectivity index (χ1n) is 5.67. The monoisotopic (exact) mass is 231 g/mol. The van der Waals surface area contributed by atoms with Crippen molar-refractivity contribution in [3.05, 3.63) is 0 Å². The second-order valence-corrected chi connectivity index (χ2v) is 4.67. The molecule has 16 heavy (non-hydrogen) atoms. The maximum absolute atomic E-state index is 11.6. The second kappa shape index (κ2) is 7.46. The number of urea groups is 1. The third-order valence-corrected chi connectivity index (χ3v) is 2.26. The Bertz CT molecular complexity index is 207. The summed E-state index contributed by atoms with van der Waals surface area (Å²) in [6.45, 7) is 4.95. The van der Waals surface area contributed by atoms with Crippen molar-refractivity contribution in [2.75, 3.05) is 34.2 Å². The Morgan fingerprint density at radius 1 is 1.31 bits per heavy atom. The lowest BCUT2D eigenvalue weighted by molar-refractivity contribution is 0.142. The van der Waals surface area contributed by atoms with Gasteiger partial charge in [0.15, 0.2) is 0 Å². The van der Waals surface area contributed by atoms with Crippen molar-refractivity contribution in [3.8, 4) is 0 Å². The minimum atomic E-state index is -0.493. The standard InChI is InChI=1S/C11H25N3O2/c1-9(6-7-13(3)4)12-11(16)14(5)8-10(2)15/h9-10,15H,6-8H2,1-5H3,(H,12,16). The van der Waals surface area contributed by atoms with Crippen molar-refractivity contribution in [1.29, 1.82) is 0 Å². The number of carbonyl (C=O) groups excluding carboxylic acids is 1. The van der Waals surface area contributed by atoms with E-state index >= 15 is 0 Å². The number of rotatable bonds is 6. The first-order valence-corrected chi connectivity index (χ1v) is 5.67. The molecule has 0 fully saturated rings. The first-order chi connectivity index (χ1) is 7.32. The van der Waals surface area contributed by atoms with Gasteiger partial charge in [-0.15, -0.1) is 0 Å². The highest BCUT2D eigenvalue weighted by molar-refractivity contribution is 5.74. The molecule has 5 heteroatoms. The highest BCUT2D eigenvalue weighted by Gasteiger charge is 2.13. The maximum Gasteiger partial charge on any atom is 0.317 e. The molecule has 2 atom stereocenters. The van der Waals surface area contributed by atoms with E-state index in [-0.39, 0.29) is 12.1 Å². The summed E-state index contributed by atoms with van der Waals surface area (Å²) in [5, 5.41) is 12.0. The average Bonchev–Trinajstić information content (AvgIpc) is 2.13. The largest absolute Gasteiger partial charge is 0.392 e. The lowest BCUT2D eigenvalue weighted by Crippen LogP contribution is -2.44. The van der Waals surface area contributed by atoms with Gasteiger partial charge >= 0.3 is 6.03 Å². The SMILES string of the molecule is CC(O)CN(C)C(=O)NC(C)CCN(C)C. The molecule has 0 saturated heterocycles. The molecule has 0 aliphatic heterocycles. The number of aliphatic hydroxyl groups excluding tert-OH is 1. The Morgan fingerprint density at radius 3 is 2.31 bits per heavy atom. The Labute approximate surface area is 98.4 Å². The second-order valence-electron chi connectivity index (χ2n) is 4.67. The number of likely N-dealkylation sites (N-methyl/N-ethyl adjacent to an activating group) is 1. The summed E-state index contributed by atoms with van der Waals surface area (Å²) in [6, 6.07) is 0.0125. The lowest BCUT2D eigenvalue weighted by atomic mass is 10.2. The molecule has 0 aliphatic carbocycles. The van der Waals surface area contributed by atoms with Crippen LogP contribution in [0.15, 0.2) is 0 Å². The van der Waals surface area contributed by atoms with Gasteiger partial charge in [0.1, 0.15) is 0 Å². The van der Waals surface area contributed by atoms with Crippen molar-refractivity contribution in [2.45, 2.75) is 32.4 Å². The van der Waals surface area contributed by atoms with Crippen LogP contribution < -0.4 is 5.32 Å². The number of nitrogens with zero attached hydrogens (tertiary/aromatic N) is 2. The van der Waals surface area contributed by atoms with Gasteiger partial charge in [-0.05, 0) is 40.9 Å². The molecule has 0 heterocycles. The molecule has 0 radical (unpaired) electrons. The van der Waals surface area contributed by atoms with Gasteiger partial charge in [-0.25, -0.2) is 4.79 Å². The van der Waals surface area contributed by atoms with Gasteiger partial charge in [0.25, 0.3) is 0 Å². The van der Waals surface area contributed by atoms with Crippen molar-refractivity contribution in [3.63, 3.8) is 0 Å². The van der Waals surface area contributed by atoms with Crippen LogP contribution in [-0.4, -0.2) is 67.3 Å². The Hall–Kier alpha value is -0.810. The quantitative estimate of drug-likeness (QED) is 0.693. The molecule has 2 amide bonds. The van der Waals surface area contributed by atoms with Gasteiger partial charge in [-0.1, -0.05) is 0 Å². The molecule has 0 bridgehead atoms. The Balaban J connectivity index is 3.85. The molecule has 0 aromatic carbocycles. The van der Waals surface area contributed by atoms with E-state index in [9.17, 15) is 4.79 Å². The number of nitrogens with one attached hydrogen (secondary N) is 1. The zero-order chi connectivity index (χ0) is 12.7. The predicted octanol–water partition coefficient (Wildman–Crippen LogP) is 0.349. The third kappa shape index (κ3) is 7.48. The van der Waals surface area contributed by atoms with E-state index in [1.807, 2.05) is 21.0 Å². The normalized spacial score (nSPS) is 14.7. The summed E-state index contributed by atoms with van der Waals surface area (Å²) in [5.74, 6) is 0. The third-order valence-electron chi connectivity index (χ3n) is 2.26. The highest BCUT2D eigenvalue weighted by Crippen LogP contribution is 1.95. The first kappa shape index (κ1) is 15.2. The van der Waals surface area contributed by atoms with Gasteiger partial charge < -0.3 is 20.2 Å². The van der Waals surface area contributed by atoms with Gasteiger partial charge in [-0.2, -0.15) is 0 Å². The summed E-state index contributed by atoms with van der Waals surface area (Å²) in [5.41, 5.74) is 0. The van der Waals surface area contributed by atoms with E-state index < -0.39 is 6.10 Å². The molecule has 2 N–H and O–H groups in total. The summed E-state index contributed by atoms with van der Waals surface area (Å²) >= 11 is 0. The molecule has 0 aromatic rings. The molecule has 0 aromatic heterocycles. The smallest absolute Gasteiger partial charge is 0.317 e. The fraction of sp³-hybridized carbons (Fsp3) is 0.909. The van der Waals surface area contributed by atoms with Crippen LogP contribution in [-0.2, 0) is 0 Å². The molecular formula is C11H25N3O2. The molecule has 0 spiro atoms. The van der Waals surface area contributed by atoms with Crippen LogP contribution in [0, 0.1) is 0 Å². The molecule has 2 unspecified atom stereocenters. The number of hydrogen-bond acceptors (Lipinski definition) is 3. The van der Waals surface area contributed by atoms with Gasteiger partial charge in [-0.3, -0.25) is 0 Å². The van der Waals surface area contributed by atoms with Crippen molar-refractivity contribution in [2.24, 2.45) is 0 Å². The zero-order valence-electron chi connectivity index (χ0n) is 11.0. The molecule has 96 valence electrons. The van der Waals surface area contributed by atoms with Gasteiger partial charge in [0, 0.05) is 19.6 Å². The predicted molar refractivity (Wildman–Crippen MR) is 65.5 cm³/mol. The fourth-order valence-corrected chi connectivity index (χ4v) is 1.32. The van der Waals surface area contributed by atoms with E-state index in [0.717, 1.165) is 13.0 Å². The molecule has 0 saturated carbocycles. The van der Waals surface area contributed by atoms with Crippen LogP contribution in [0.2, 0.25) is 0 Å². The average molecular weight is 231 g/mol. The molecule has 5 nitrogen and oxygen atoms in total. The van der Waals surface area contributed by atoms with Crippen molar-refractivity contribution >= 4 is 6.03 Å². The maximum atomic E-state index is 11.6. The summed E-state index contributed by atoms with van der Waals surface area (Å²) < 4.78 is 0. The zero-order valence-corrected chi connectivity index (χ0v) is 11.0. The molecule has 0 rings (SSSR count). The topological polar surface area (TPSA) is 55.8 Å². The Morgan fingerprint density at radius 2 is 1.88 bits per heavy atom. The van der Waals surface area contributed by atoms with Crippen molar-refractivity contribution in [1.82, 2.24) is 15.1 Å². The number of hydrogen-bond donors (Lipinski definition) is 2. The summed E-state index contributed by atoms with van der Waals surface area (Å²) in [6.07, 6.45) is 0.425. The van der Waals surface area contributed by atoms with Crippen LogP contribution in [0.1, 0.15) is 20.3 Å². The van der Waals surface area contributed by atoms with Crippen molar-refractivity contribution < 1.29 is 9.90 Å². The van der Waals surface area contributed by atoms with E-state index in [1.54, 1.807) is 14.0 Å². The molecule has 0 aliphatic rings. The number of amides is 2. The number of aliphatic hydroxyl groups is 1. The minimum Gasteiger partial charge on any atom is -0.392 e. The van der Waals surface area contributed by atoms with Gasteiger partial charge in [0.05, 0.1) is 6.10 Å². The number of carbonyl (C=O) groups is 1.